The van der Waals surface area contributed by atoms with Gasteiger partial charge in [-0.2, -0.15) is 4.73 Å². The molecule has 4 nitrogen and oxygen atoms in total. The molecular formula is C26H26ClN3O. The predicted octanol–water partition coefficient (Wildman–Crippen LogP) is 4.87. The van der Waals surface area contributed by atoms with Gasteiger partial charge in [-0.15, -0.1) is 0 Å². The van der Waals surface area contributed by atoms with Gasteiger partial charge >= 0.3 is 0 Å². The van der Waals surface area contributed by atoms with Crippen LogP contribution in [0.25, 0.3) is 5.57 Å². The van der Waals surface area contributed by atoms with Crippen LogP contribution in [0.15, 0.2) is 60.6 Å². The highest BCUT2D eigenvalue weighted by Crippen LogP contribution is 2.38. The summed E-state index contributed by atoms with van der Waals surface area (Å²) in [5, 5.41) is 12.6. The Labute approximate surface area is 194 Å². The maximum absolute atomic E-state index is 11.9. The number of rotatable bonds is 2. The highest BCUT2D eigenvalue weighted by molar-refractivity contribution is 6.30. The lowest BCUT2D eigenvalue weighted by Crippen LogP contribution is -2.32. The maximum Gasteiger partial charge on any atom is 0.184 e. The molecule has 0 bridgehead atoms. The van der Waals surface area contributed by atoms with Crippen molar-refractivity contribution in [2.75, 3.05) is 13.0 Å². The molecule has 1 saturated heterocycles. The number of nitrogens with zero attached hydrogens (tertiary/aromatic N) is 3. The maximum atomic E-state index is 11.9. The standard InChI is InChI=1S/C26H26ClN3O/c1-18-13-19(17-30(31)15-18)16-29-11-8-20(9-12-29)25-24-7-6-23(27)14-22(24)5-4-21-3-2-10-28-26(21)25/h2-3,6-7,10,13-15,17H,4-5,8-9,11-12,16H2,1H3/i11D2,12D2. The van der Waals surface area contributed by atoms with Crippen LogP contribution in [0.3, 0.4) is 0 Å². The number of pyridine rings is 2. The number of fused-ring (bicyclic) bond motifs is 2. The van der Waals surface area contributed by atoms with Gasteiger partial charge in [0, 0.05) is 52.9 Å². The Morgan fingerprint density at radius 2 is 1.90 bits per heavy atom. The van der Waals surface area contributed by atoms with E-state index >= 15 is 0 Å². The summed E-state index contributed by atoms with van der Waals surface area (Å²) in [5.74, 6) is 0. The number of aromatic nitrogens is 2. The number of halogens is 1. The minimum Gasteiger partial charge on any atom is -0.619 e. The van der Waals surface area contributed by atoms with Crippen LogP contribution in [0.5, 0.6) is 0 Å². The zero-order valence-electron chi connectivity index (χ0n) is 21.4. The van der Waals surface area contributed by atoms with Gasteiger partial charge in [0.2, 0.25) is 0 Å². The molecule has 0 N–H and O–H groups in total. The van der Waals surface area contributed by atoms with Gasteiger partial charge in [-0.05, 0) is 73.6 Å². The van der Waals surface area contributed by atoms with Crippen LogP contribution in [0, 0.1) is 12.1 Å². The molecule has 3 aromatic rings. The van der Waals surface area contributed by atoms with Gasteiger partial charge in [-0.1, -0.05) is 29.3 Å². The molecule has 158 valence electrons. The molecular weight excluding hydrogens is 406 g/mol. The molecule has 31 heavy (non-hydrogen) atoms. The molecule has 0 amide bonds. The van der Waals surface area contributed by atoms with Crippen LogP contribution in [0.4, 0.5) is 0 Å². The van der Waals surface area contributed by atoms with Gasteiger partial charge in [-0.3, -0.25) is 9.88 Å². The largest absolute Gasteiger partial charge is 0.619 e. The van der Waals surface area contributed by atoms with Crippen molar-refractivity contribution in [3.63, 3.8) is 0 Å². The average molecular weight is 436 g/mol. The monoisotopic (exact) mass is 435 g/mol. The first-order valence-corrected chi connectivity index (χ1v) is 10.8. The Hall–Kier alpha value is -2.69. The molecule has 3 heterocycles. The van der Waals surface area contributed by atoms with Crippen molar-refractivity contribution in [2.45, 2.75) is 39.2 Å². The van der Waals surface area contributed by atoms with Crippen molar-refractivity contribution in [2.24, 2.45) is 0 Å². The Morgan fingerprint density at radius 3 is 2.71 bits per heavy atom. The Kier molecular flexibility index (Phi) is 4.36. The van der Waals surface area contributed by atoms with Crippen LogP contribution in [0.1, 0.15) is 51.8 Å². The third kappa shape index (κ3) is 4.23. The van der Waals surface area contributed by atoms with Crippen molar-refractivity contribution >= 4 is 17.2 Å². The molecule has 0 radical (unpaired) electrons. The van der Waals surface area contributed by atoms with E-state index < -0.39 is 13.0 Å². The van der Waals surface area contributed by atoms with Gasteiger partial charge in [0.25, 0.3) is 0 Å². The molecule has 1 aliphatic carbocycles. The molecule has 0 spiro atoms. The molecule has 1 fully saturated rings. The zero-order chi connectivity index (χ0) is 25.0. The Morgan fingerprint density at radius 1 is 1.10 bits per heavy atom. The normalized spacial score (nSPS) is 21.7. The highest BCUT2D eigenvalue weighted by atomic mass is 35.5. The number of benzene rings is 1. The Balaban J connectivity index is 1.63. The van der Waals surface area contributed by atoms with Crippen LogP contribution in [-0.4, -0.2) is 22.9 Å². The summed E-state index contributed by atoms with van der Waals surface area (Å²) in [6.45, 7) is -2.17. The van der Waals surface area contributed by atoms with Crippen molar-refractivity contribution in [3.05, 3.63) is 104 Å². The first kappa shape index (κ1) is 16.0. The lowest BCUT2D eigenvalue weighted by atomic mass is 9.88. The molecule has 0 saturated carbocycles. The molecule has 1 aromatic carbocycles. The zero-order valence-corrected chi connectivity index (χ0v) is 18.1. The van der Waals surface area contributed by atoms with Crippen LogP contribution >= 0.6 is 11.6 Å². The lowest BCUT2D eigenvalue weighted by molar-refractivity contribution is -0.606. The van der Waals surface area contributed by atoms with E-state index in [1.54, 1.807) is 19.2 Å². The van der Waals surface area contributed by atoms with E-state index in [1.807, 2.05) is 30.3 Å². The van der Waals surface area contributed by atoms with Crippen molar-refractivity contribution in [1.82, 2.24) is 9.88 Å². The predicted molar refractivity (Wildman–Crippen MR) is 124 cm³/mol. The van der Waals surface area contributed by atoms with E-state index in [2.05, 4.69) is 4.98 Å². The van der Waals surface area contributed by atoms with Gasteiger partial charge in [0.05, 0.1) is 5.69 Å². The minimum atomic E-state index is -1.98. The average Bonchev–Trinajstić information content (AvgIpc) is 2.92. The van der Waals surface area contributed by atoms with Gasteiger partial charge in [-0.25, -0.2) is 0 Å². The van der Waals surface area contributed by atoms with E-state index in [1.165, 1.54) is 17.3 Å². The molecule has 5 rings (SSSR count). The number of piperidine rings is 1. The van der Waals surface area contributed by atoms with Crippen LogP contribution < -0.4 is 4.73 Å². The van der Waals surface area contributed by atoms with Gasteiger partial charge in [0.1, 0.15) is 0 Å². The summed E-state index contributed by atoms with van der Waals surface area (Å²) in [4.78, 5) is 5.91. The first-order chi connectivity index (χ1) is 16.5. The molecule has 2 aromatic heterocycles. The number of aryl methyl sites for hydroxylation is 3. The number of likely N-dealkylation sites (tertiary alicyclic amines) is 1. The van der Waals surface area contributed by atoms with E-state index in [-0.39, 0.29) is 19.4 Å². The third-order valence-electron chi connectivity index (χ3n) is 5.83. The second-order valence-electron chi connectivity index (χ2n) is 8.13. The van der Waals surface area contributed by atoms with E-state index in [9.17, 15) is 5.21 Å². The second-order valence-corrected chi connectivity index (χ2v) is 8.56. The quantitative estimate of drug-likeness (QED) is 0.426. The van der Waals surface area contributed by atoms with E-state index in [0.29, 0.717) is 20.9 Å². The summed E-state index contributed by atoms with van der Waals surface area (Å²) >= 11 is 6.30. The van der Waals surface area contributed by atoms with Crippen LogP contribution in [0.2, 0.25) is 5.02 Å². The summed E-state index contributed by atoms with van der Waals surface area (Å²) in [7, 11) is 0. The molecule has 0 unspecified atom stereocenters. The molecule has 5 heteroatoms. The minimum absolute atomic E-state index is 0.00638. The van der Waals surface area contributed by atoms with Crippen LogP contribution in [-0.2, 0) is 19.4 Å². The second kappa shape index (κ2) is 8.45. The fourth-order valence-corrected chi connectivity index (χ4v) is 4.65. The molecule has 0 atom stereocenters. The van der Waals surface area contributed by atoms with Crippen molar-refractivity contribution in [1.29, 1.82) is 0 Å². The summed E-state index contributed by atoms with van der Waals surface area (Å²) < 4.78 is 36.3. The van der Waals surface area contributed by atoms with Crippen molar-refractivity contribution < 1.29 is 10.2 Å². The SMILES string of the molecule is [2H]C1([2H])CC(=C2c3ccc(Cl)cc3CCc3cccnc32)CC([2H])([2H])N1Cc1cc(C)c[n+]([O-])c1. The third-order valence-corrected chi connectivity index (χ3v) is 6.06. The topological polar surface area (TPSA) is 43.1 Å². The Bertz CT molecular complexity index is 1300. The van der Waals surface area contributed by atoms with Crippen molar-refractivity contribution in [3.8, 4) is 0 Å². The number of hydrogen-bond donors (Lipinski definition) is 0. The fourth-order valence-electron chi connectivity index (χ4n) is 4.46. The first-order valence-electron chi connectivity index (χ1n) is 12.5. The summed E-state index contributed by atoms with van der Waals surface area (Å²) in [6.07, 6.45) is 6.16. The molecule has 2 aliphatic rings. The summed E-state index contributed by atoms with van der Waals surface area (Å²) in [6, 6.07) is 11.4. The highest BCUT2D eigenvalue weighted by Gasteiger charge is 2.25. The van der Waals surface area contributed by atoms with Gasteiger partial charge in [0.15, 0.2) is 12.4 Å². The molecule has 1 aliphatic heterocycles. The fraction of sp³-hybridized carbons (Fsp3) is 0.308. The smallest absolute Gasteiger partial charge is 0.184 e. The number of hydrogen-bond acceptors (Lipinski definition) is 3. The van der Waals surface area contributed by atoms with E-state index in [4.69, 9.17) is 17.1 Å². The summed E-state index contributed by atoms with van der Waals surface area (Å²) in [5.41, 5.74) is 6.67. The van der Waals surface area contributed by atoms with E-state index in [0.717, 1.165) is 46.4 Å². The van der Waals surface area contributed by atoms with Gasteiger partial charge < -0.3 is 5.21 Å². The lowest BCUT2D eigenvalue weighted by Gasteiger charge is -2.30.